The van der Waals surface area contributed by atoms with Crippen LogP contribution in [0.25, 0.3) is 0 Å². The van der Waals surface area contributed by atoms with E-state index in [4.69, 9.17) is 11.6 Å². The molecule has 2 atom stereocenters. The zero-order chi connectivity index (χ0) is 19.8. The minimum atomic E-state index is -0.542. The minimum Gasteiger partial charge on any atom is -0.325 e. The van der Waals surface area contributed by atoms with Crippen LogP contribution in [0.2, 0.25) is 5.02 Å². The molecule has 9 heteroatoms. The number of amides is 1. The van der Waals surface area contributed by atoms with E-state index >= 15 is 0 Å². The summed E-state index contributed by atoms with van der Waals surface area (Å²) >= 11 is 7.48. The second kappa shape index (κ2) is 7.44. The molecule has 1 aromatic heterocycles. The van der Waals surface area contributed by atoms with Crippen LogP contribution < -0.4 is 10.7 Å². The molecule has 0 fully saturated rings. The molecule has 1 amide bonds. The van der Waals surface area contributed by atoms with Gasteiger partial charge in [-0.1, -0.05) is 41.6 Å². The minimum absolute atomic E-state index is 0.205. The Labute approximate surface area is 170 Å². The van der Waals surface area contributed by atoms with E-state index in [2.05, 4.69) is 20.9 Å². The molecule has 2 heterocycles. The van der Waals surface area contributed by atoms with E-state index in [9.17, 15) is 9.18 Å². The lowest BCUT2D eigenvalue weighted by Gasteiger charge is -2.32. The molecule has 0 saturated heterocycles. The summed E-state index contributed by atoms with van der Waals surface area (Å²) in [7, 11) is 0. The molecule has 4 rings (SSSR count). The molecular weight excluding hydrogens is 401 g/mol. The Morgan fingerprint density at radius 1 is 1.21 bits per heavy atom. The number of aryl methyl sites for hydroxylation is 1. The summed E-state index contributed by atoms with van der Waals surface area (Å²) in [5.41, 5.74) is 5.52. The number of carbonyl (C=O) groups excluding carboxylic acids is 1. The molecule has 0 saturated carbocycles. The topological polar surface area (TPSA) is 71.8 Å². The number of anilines is 1. The van der Waals surface area contributed by atoms with Gasteiger partial charge in [-0.05, 0) is 49.2 Å². The average molecular weight is 418 g/mol. The number of fused-ring (bicyclic) bond motifs is 1. The molecule has 0 radical (unpaired) electrons. The van der Waals surface area contributed by atoms with Gasteiger partial charge in [0.2, 0.25) is 11.1 Å². The van der Waals surface area contributed by atoms with E-state index in [0.717, 1.165) is 11.1 Å². The second-order valence-electron chi connectivity index (χ2n) is 6.46. The zero-order valence-electron chi connectivity index (χ0n) is 15.1. The number of nitrogens with zero attached hydrogens (tertiary/aromatic N) is 3. The predicted molar refractivity (Wildman–Crippen MR) is 108 cm³/mol. The number of halogens is 2. The highest BCUT2D eigenvalue weighted by Crippen LogP contribution is 2.37. The molecule has 3 aromatic rings. The molecule has 2 aromatic carbocycles. The molecule has 0 spiro atoms. The van der Waals surface area contributed by atoms with Crippen molar-refractivity contribution in [1.82, 2.24) is 14.9 Å². The Balaban J connectivity index is 1.68. The van der Waals surface area contributed by atoms with E-state index in [0.29, 0.717) is 21.7 Å². The van der Waals surface area contributed by atoms with Gasteiger partial charge < -0.3 is 10.7 Å². The van der Waals surface area contributed by atoms with Crippen LogP contribution in [-0.2, 0) is 4.79 Å². The van der Waals surface area contributed by atoms with Crippen molar-refractivity contribution in [2.24, 2.45) is 0 Å². The van der Waals surface area contributed by atoms with E-state index in [1.807, 2.05) is 13.8 Å². The van der Waals surface area contributed by atoms with Gasteiger partial charge in [-0.2, -0.15) is 0 Å². The zero-order valence-corrected chi connectivity index (χ0v) is 16.7. The third-order valence-corrected chi connectivity index (χ3v) is 6.24. The van der Waals surface area contributed by atoms with E-state index in [1.165, 1.54) is 23.9 Å². The Hall–Kier alpha value is -2.58. The molecule has 28 heavy (non-hydrogen) atoms. The summed E-state index contributed by atoms with van der Waals surface area (Å²) in [6.45, 7) is 3.67. The number of carbonyl (C=O) groups is 1. The number of nitrogens with one attached hydrogen (secondary N) is 2. The highest BCUT2D eigenvalue weighted by molar-refractivity contribution is 8.00. The number of hydrogen-bond donors (Lipinski definition) is 2. The quantitative estimate of drug-likeness (QED) is 0.671. The normalized spacial score (nSPS) is 18.3. The van der Waals surface area contributed by atoms with Crippen molar-refractivity contribution in [3.63, 3.8) is 0 Å². The van der Waals surface area contributed by atoms with Crippen molar-refractivity contribution in [1.29, 1.82) is 0 Å². The van der Waals surface area contributed by atoms with Gasteiger partial charge in [0.05, 0.1) is 6.04 Å². The molecular formula is C19H17ClFN5OS. The molecule has 0 bridgehead atoms. The van der Waals surface area contributed by atoms with Crippen molar-refractivity contribution >= 4 is 35.0 Å². The first-order valence-corrected chi connectivity index (χ1v) is 9.86. The third-order valence-electron chi connectivity index (χ3n) is 4.61. The molecule has 1 aliphatic heterocycles. The Kier molecular flexibility index (Phi) is 4.99. The molecule has 144 valence electrons. The molecule has 0 aliphatic carbocycles. The fourth-order valence-electron chi connectivity index (χ4n) is 3.03. The highest BCUT2D eigenvalue weighted by atomic mass is 35.5. The van der Waals surface area contributed by atoms with Crippen LogP contribution in [0.1, 0.15) is 23.0 Å². The van der Waals surface area contributed by atoms with Gasteiger partial charge >= 0.3 is 0 Å². The standard InChI is InChI=1S/C19H17ClFN5OS/c1-10-14(20)4-3-5-15(10)22-18(27)17-16(12-6-8-13(21)9-7-12)25-26-11(2)23-24-19(26)28-17/h3-9,16-17,25H,1-2H3,(H,22,27)/t16-,17-/m1/s1. The number of thioether (sulfide) groups is 1. The number of benzene rings is 2. The van der Waals surface area contributed by atoms with Gasteiger partial charge in [-0.15, -0.1) is 10.2 Å². The smallest absolute Gasteiger partial charge is 0.240 e. The summed E-state index contributed by atoms with van der Waals surface area (Å²) < 4.78 is 15.1. The maximum absolute atomic E-state index is 13.4. The predicted octanol–water partition coefficient (Wildman–Crippen LogP) is 4.09. The Morgan fingerprint density at radius 2 is 1.96 bits per heavy atom. The lowest BCUT2D eigenvalue weighted by Crippen LogP contribution is -2.41. The lowest BCUT2D eigenvalue weighted by atomic mass is 10.0. The van der Waals surface area contributed by atoms with Crippen molar-refractivity contribution in [3.8, 4) is 0 Å². The summed E-state index contributed by atoms with van der Waals surface area (Å²) in [4.78, 5) is 13.2. The van der Waals surface area contributed by atoms with Crippen molar-refractivity contribution < 1.29 is 9.18 Å². The van der Waals surface area contributed by atoms with Crippen molar-refractivity contribution in [3.05, 3.63) is 70.3 Å². The first-order chi connectivity index (χ1) is 13.4. The van der Waals surface area contributed by atoms with Crippen LogP contribution in [0.3, 0.4) is 0 Å². The molecule has 6 nitrogen and oxygen atoms in total. The van der Waals surface area contributed by atoms with Gasteiger partial charge in [0, 0.05) is 10.7 Å². The van der Waals surface area contributed by atoms with Crippen molar-refractivity contribution in [2.75, 3.05) is 10.7 Å². The third kappa shape index (κ3) is 3.45. The summed E-state index contributed by atoms with van der Waals surface area (Å²) in [6, 6.07) is 11.1. The molecule has 0 unspecified atom stereocenters. The summed E-state index contributed by atoms with van der Waals surface area (Å²) in [6.07, 6.45) is 0. The molecule has 1 aliphatic rings. The van der Waals surface area contributed by atoms with Gasteiger partial charge in [0.1, 0.15) is 16.9 Å². The van der Waals surface area contributed by atoms with Gasteiger partial charge in [-0.3, -0.25) is 4.79 Å². The SMILES string of the molecule is Cc1c(Cl)cccc1NC(=O)[C@@H]1Sc2nnc(C)n2N[C@@H]1c1ccc(F)cc1. The van der Waals surface area contributed by atoms with Crippen molar-refractivity contribution in [2.45, 2.75) is 30.3 Å². The molecule has 2 N–H and O–H groups in total. The summed E-state index contributed by atoms with van der Waals surface area (Å²) in [5, 5.41) is 11.8. The van der Waals surface area contributed by atoms with Crippen LogP contribution in [-0.4, -0.2) is 26.0 Å². The van der Waals surface area contributed by atoms with E-state index < -0.39 is 11.3 Å². The van der Waals surface area contributed by atoms with Gasteiger partial charge in [0.15, 0.2) is 0 Å². The summed E-state index contributed by atoms with van der Waals surface area (Å²) in [5.74, 6) is 0.146. The number of hydrogen-bond acceptors (Lipinski definition) is 5. The fraction of sp³-hybridized carbons (Fsp3) is 0.211. The van der Waals surface area contributed by atoms with Crippen LogP contribution >= 0.6 is 23.4 Å². The Bertz CT molecular complexity index is 1040. The van der Waals surface area contributed by atoms with E-state index in [-0.39, 0.29) is 11.7 Å². The van der Waals surface area contributed by atoms with Crippen LogP contribution in [0.5, 0.6) is 0 Å². The van der Waals surface area contributed by atoms with E-state index in [1.54, 1.807) is 35.0 Å². The first-order valence-electron chi connectivity index (χ1n) is 8.60. The van der Waals surface area contributed by atoms with Crippen LogP contribution in [0.4, 0.5) is 10.1 Å². The monoisotopic (exact) mass is 417 g/mol. The first kappa shape index (κ1) is 18.8. The lowest BCUT2D eigenvalue weighted by molar-refractivity contribution is -0.116. The van der Waals surface area contributed by atoms with Crippen LogP contribution in [0.15, 0.2) is 47.6 Å². The number of aromatic nitrogens is 3. The van der Waals surface area contributed by atoms with Gasteiger partial charge in [0.25, 0.3) is 0 Å². The largest absolute Gasteiger partial charge is 0.325 e. The maximum atomic E-state index is 13.4. The Morgan fingerprint density at radius 3 is 2.71 bits per heavy atom. The fourth-order valence-corrected chi connectivity index (χ4v) is 4.33. The number of rotatable bonds is 3. The second-order valence-corrected chi connectivity index (χ2v) is 7.98. The van der Waals surface area contributed by atoms with Gasteiger partial charge in [-0.25, -0.2) is 9.07 Å². The highest BCUT2D eigenvalue weighted by Gasteiger charge is 2.37. The maximum Gasteiger partial charge on any atom is 0.240 e. The average Bonchev–Trinajstić information content (AvgIpc) is 3.05. The van der Waals surface area contributed by atoms with Crippen LogP contribution in [0, 0.1) is 19.7 Å².